The van der Waals surface area contributed by atoms with E-state index in [1.54, 1.807) is 24.3 Å². The number of nitrogens with zero attached hydrogens (tertiary/aromatic N) is 1. The summed E-state index contributed by atoms with van der Waals surface area (Å²) in [5, 5.41) is 10.1. The maximum Gasteiger partial charge on any atom is 0.255 e. The Labute approximate surface area is 106 Å². The van der Waals surface area contributed by atoms with Crippen LogP contribution < -0.4 is 0 Å². The van der Waals surface area contributed by atoms with Gasteiger partial charge in [0.2, 0.25) is 0 Å². The summed E-state index contributed by atoms with van der Waals surface area (Å²) in [5.41, 5.74) is 0.567. The van der Waals surface area contributed by atoms with Crippen LogP contribution in [0.4, 0.5) is 4.39 Å². The van der Waals surface area contributed by atoms with E-state index in [-0.39, 0.29) is 11.8 Å². The Morgan fingerprint density at radius 2 is 2.11 bits per heavy atom. The molecule has 1 fully saturated rings. The Kier molecular flexibility index (Phi) is 4.31. The lowest BCUT2D eigenvalue weighted by Crippen LogP contribution is -2.48. The Balaban J connectivity index is 2.10. The van der Waals surface area contributed by atoms with Crippen LogP contribution in [0.5, 0.6) is 0 Å². The van der Waals surface area contributed by atoms with Crippen LogP contribution in [0.3, 0.4) is 0 Å². The standard InChI is InChI=1S/C14H18FNO2/c15-9-8-12-7-4-10-16(14(12)18)13(17)11-5-2-1-3-6-11/h1-3,5-6,12,14,18H,4,7-10H2. The molecule has 0 aromatic heterocycles. The highest BCUT2D eigenvalue weighted by molar-refractivity contribution is 5.94. The number of carbonyl (C=O) groups excluding carboxylic acids is 1. The number of alkyl halides is 1. The molecule has 0 bridgehead atoms. The first kappa shape index (κ1) is 13.0. The Morgan fingerprint density at radius 3 is 2.78 bits per heavy atom. The molecule has 1 aromatic carbocycles. The number of aliphatic hydroxyl groups is 1. The smallest absolute Gasteiger partial charge is 0.255 e. The fourth-order valence-electron chi connectivity index (χ4n) is 2.46. The van der Waals surface area contributed by atoms with Gasteiger partial charge in [-0.3, -0.25) is 9.18 Å². The second-order valence-corrected chi connectivity index (χ2v) is 4.66. The van der Waals surface area contributed by atoms with E-state index in [2.05, 4.69) is 0 Å². The molecule has 2 rings (SSSR count). The zero-order chi connectivity index (χ0) is 13.0. The minimum atomic E-state index is -0.859. The summed E-state index contributed by atoms with van der Waals surface area (Å²) in [7, 11) is 0. The molecule has 0 radical (unpaired) electrons. The molecular weight excluding hydrogens is 233 g/mol. The van der Waals surface area contributed by atoms with Crippen molar-refractivity contribution < 1.29 is 14.3 Å². The zero-order valence-electron chi connectivity index (χ0n) is 10.3. The van der Waals surface area contributed by atoms with E-state index < -0.39 is 12.9 Å². The van der Waals surface area contributed by atoms with Gasteiger partial charge in [0.25, 0.3) is 5.91 Å². The molecular formula is C14H18FNO2. The van der Waals surface area contributed by atoms with E-state index in [1.165, 1.54) is 4.90 Å². The molecule has 0 aliphatic carbocycles. The first-order chi connectivity index (χ1) is 8.74. The van der Waals surface area contributed by atoms with E-state index in [0.29, 0.717) is 18.5 Å². The molecule has 2 unspecified atom stereocenters. The summed E-state index contributed by atoms with van der Waals surface area (Å²) < 4.78 is 12.4. The van der Waals surface area contributed by atoms with Crippen LogP contribution in [0.2, 0.25) is 0 Å². The van der Waals surface area contributed by atoms with Crippen LogP contribution in [0, 0.1) is 5.92 Å². The molecule has 4 heteroatoms. The van der Waals surface area contributed by atoms with Crippen molar-refractivity contribution in [3.05, 3.63) is 35.9 Å². The highest BCUT2D eigenvalue weighted by Gasteiger charge is 2.32. The van der Waals surface area contributed by atoms with Crippen molar-refractivity contribution in [2.45, 2.75) is 25.5 Å². The summed E-state index contributed by atoms with van der Waals surface area (Å²) in [6.45, 7) is 0.0901. The van der Waals surface area contributed by atoms with Crippen molar-refractivity contribution in [2.75, 3.05) is 13.2 Å². The van der Waals surface area contributed by atoms with E-state index in [0.717, 1.165) is 12.8 Å². The third-order valence-electron chi connectivity index (χ3n) is 3.48. The van der Waals surface area contributed by atoms with Gasteiger partial charge in [-0.1, -0.05) is 18.2 Å². The minimum absolute atomic E-state index is 0.142. The number of halogens is 1. The molecule has 1 aliphatic heterocycles. The van der Waals surface area contributed by atoms with Gasteiger partial charge >= 0.3 is 0 Å². The third kappa shape index (κ3) is 2.70. The van der Waals surface area contributed by atoms with Gasteiger partial charge in [-0.2, -0.15) is 0 Å². The molecule has 0 saturated carbocycles. The summed E-state index contributed by atoms with van der Waals surface area (Å²) >= 11 is 0. The second kappa shape index (κ2) is 5.96. The lowest BCUT2D eigenvalue weighted by Gasteiger charge is -2.37. The predicted octanol–water partition coefficient (Wildman–Crippen LogP) is 2.22. The Bertz CT molecular complexity index is 394. The van der Waals surface area contributed by atoms with Crippen molar-refractivity contribution in [3.8, 4) is 0 Å². The number of piperidine rings is 1. The van der Waals surface area contributed by atoms with Gasteiger partial charge in [0.05, 0.1) is 6.67 Å². The van der Waals surface area contributed by atoms with Crippen LogP contribution in [-0.4, -0.2) is 35.4 Å². The number of carbonyl (C=O) groups is 1. The first-order valence-corrected chi connectivity index (χ1v) is 6.34. The minimum Gasteiger partial charge on any atom is -0.373 e. The number of rotatable bonds is 3. The van der Waals surface area contributed by atoms with E-state index in [4.69, 9.17) is 0 Å². The fraction of sp³-hybridized carbons (Fsp3) is 0.500. The molecule has 1 N–H and O–H groups in total. The summed E-state index contributed by atoms with van der Waals surface area (Å²) in [6, 6.07) is 8.89. The topological polar surface area (TPSA) is 40.5 Å². The van der Waals surface area contributed by atoms with Gasteiger partial charge in [-0.05, 0) is 31.4 Å². The number of hydrogen-bond donors (Lipinski definition) is 1. The largest absolute Gasteiger partial charge is 0.373 e. The van der Waals surface area contributed by atoms with Gasteiger partial charge in [0.15, 0.2) is 0 Å². The number of hydrogen-bond acceptors (Lipinski definition) is 2. The Morgan fingerprint density at radius 1 is 1.39 bits per heavy atom. The molecule has 2 atom stereocenters. The second-order valence-electron chi connectivity index (χ2n) is 4.66. The molecule has 0 spiro atoms. The summed E-state index contributed by atoms with van der Waals surface area (Å²) in [5.74, 6) is -0.317. The van der Waals surface area contributed by atoms with Crippen molar-refractivity contribution in [2.24, 2.45) is 5.92 Å². The molecule has 1 aliphatic rings. The van der Waals surface area contributed by atoms with Gasteiger partial charge in [-0.15, -0.1) is 0 Å². The lowest BCUT2D eigenvalue weighted by molar-refractivity contribution is -0.0519. The molecule has 98 valence electrons. The van der Waals surface area contributed by atoms with Gasteiger partial charge < -0.3 is 10.0 Å². The maximum atomic E-state index is 12.4. The van der Waals surface area contributed by atoms with Crippen LogP contribution in [0.15, 0.2) is 30.3 Å². The average Bonchev–Trinajstić information content (AvgIpc) is 2.42. The van der Waals surface area contributed by atoms with Crippen LogP contribution in [0.1, 0.15) is 29.6 Å². The fourth-order valence-corrected chi connectivity index (χ4v) is 2.46. The van der Waals surface area contributed by atoms with Crippen molar-refractivity contribution in [1.82, 2.24) is 4.90 Å². The highest BCUT2D eigenvalue weighted by Crippen LogP contribution is 2.26. The van der Waals surface area contributed by atoms with Gasteiger partial charge in [0, 0.05) is 18.0 Å². The van der Waals surface area contributed by atoms with E-state index >= 15 is 0 Å². The van der Waals surface area contributed by atoms with Crippen molar-refractivity contribution >= 4 is 5.91 Å². The molecule has 1 saturated heterocycles. The number of likely N-dealkylation sites (tertiary alicyclic amines) is 1. The molecule has 18 heavy (non-hydrogen) atoms. The summed E-state index contributed by atoms with van der Waals surface area (Å²) in [6.07, 6.45) is 1.06. The number of aliphatic hydroxyl groups excluding tert-OH is 1. The SMILES string of the molecule is O=C(c1ccccc1)N1CCCC(CCF)C1O. The summed E-state index contributed by atoms with van der Waals surface area (Å²) in [4.78, 5) is 13.7. The van der Waals surface area contributed by atoms with E-state index in [9.17, 15) is 14.3 Å². The number of benzene rings is 1. The van der Waals surface area contributed by atoms with Crippen LogP contribution in [-0.2, 0) is 0 Å². The average molecular weight is 251 g/mol. The molecule has 1 aromatic rings. The first-order valence-electron chi connectivity index (χ1n) is 6.34. The quantitative estimate of drug-likeness (QED) is 0.894. The lowest BCUT2D eigenvalue weighted by atomic mass is 9.92. The normalized spacial score (nSPS) is 24.0. The molecule has 3 nitrogen and oxygen atoms in total. The van der Waals surface area contributed by atoms with E-state index in [1.807, 2.05) is 6.07 Å². The highest BCUT2D eigenvalue weighted by atomic mass is 19.1. The Hall–Kier alpha value is -1.42. The van der Waals surface area contributed by atoms with Crippen LogP contribution >= 0.6 is 0 Å². The molecule has 1 heterocycles. The third-order valence-corrected chi connectivity index (χ3v) is 3.48. The zero-order valence-corrected chi connectivity index (χ0v) is 10.3. The molecule has 1 amide bonds. The number of amides is 1. The van der Waals surface area contributed by atoms with Crippen LogP contribution in [0.25, 0.3) is 0 Å². The monoisotopic (exact) mass is 251 g/mol. The van der Waals surface area contributed by atoms with Crippen molar-refractivity contribution in [3.63, 3.8) is 0 Å². The van der Waals surface area contributed by atoms with Gasteiger partial charge in [-0.25, -0.2) is 0 Å². The predicted molar refractivity (Wildman–Crippen MR) is 66.8 cm³/mol. The van der Waals surface area contributed by atoms with Crippen molar-refractivity contribution in [1.29, 1.82) is 0 Å². The maximum absolute atomic E-state index is 12.4. The van der Waals surface area contributed by atoms with Gasteiger partial charge in [0.1, 0.15) is 6.23 Å².